The van der Waals surface area contributed by atoms with Crippen LogP contribution in [0.3, 0.4) is 0 Å². The molecule has 29 heteroatoms. The van der Waals surface area contributed by atoms with Gasteiger partial charge in [0, 0.05) is 88.5 Å². The number of likely N-dealkylation sites (N-methyl/N-ethyl adjacent to an activating group) is 1. The number of fused-ring (bicyclic) bond motifs is 6. The Bertz CT molecular complexity index is 3480. The number of imide groups is 1. The monoisotopic (exact) mass is 1370 g/mol. The van der Waals surface area contributed by atoms with Crippen molar-refractivity contribution in [2.75, 3.05) is 65.6 Å². The van der Waals surface area contributed by atoms with Crippen LogP contribution in [-0.2, 0) is 79.7 Å². The van der Waals surface area contributed by atoms with Gasteiger partial charge in [0.15, 0.2) is 11.5 Å². The number of ketones is 1. The summed E-state index contributed by atoms with van der Waals surface area (Å²) in [7, 11) is 4.43. The number of nitrogens with zero attached hydrogens (tertiary/aromatic N) is 4. The van der Waals surface area contributed by atoms with Crippen molar-refractivity contribution < 1.29 is 86.3 Å². The highest BCUT2D eigenvalue weighted by atomic mass is 35.5. The van der Waals surface area contributed by atoms with E-state index in [1.54, 1.807) is 57.3 Å². The number of carbonyl (C=O) groups excluding carboxylic acids is 10. The predicted molar refractivity (Wildman–Crippen MR) is 355 cm³/mol. The second-order valence-corrected chi connectivity index (χ2v) is 26.1. The number of hydroxylamine groups is 2. The fourth-order valence-corrected chi connectivity index (χ4v) is 12.2. The number of benzene rings is 2. The fraction of sp³-hybridized carbons (Fsp3) is 0.552. The number of carbonyl (C=O) groups is 10. The van der Waals surface area contributed by atoms with Gasteiger partial charge in [-0.15, -0.1) is 5.06 Å². The first-order chi connectivity index (χ1) is 45.4. The van der Waals surface area contributed by atoms with Crippen LogP contribution in [0.15, 0.2) is 66.3 Å². The Kier molecular flexibility index (Phi) is 26.5. The van der Waals surface area contributed by atoms with Gasteiger partial charge in [-0.05, 0) is 94.3 Å². The third-order valence-corrected chi connectivity index (χ3v) is 18.4. The molecule has 0 radical (unpaired) electrons. The normalized spacial score (nSPS) is 23.9. The lowest BCUT2D eigenvalue weighted by Crippen LogP contribution is -2.63. The quantitative estimate of drug-likeness (QED) is 0.0185. The highest BCUT2D eigenvalue weighted by Gasteiger charge is 2.64. The number of primary amides is 1. The van der Waals surface area contributed by atoms with Crippen LogP contribution in [0, 0.1) is 24.7 Å². The maximum absolute atomic E-state index is 14.5. The standard InChI is InChI=1S/C67H88ClN9O18S/c1-37(2)46(34-54(96)70-24-26-91-28-27-90-25-22-58(82)95-77-55(79)20-21-56(77)80)61(83)73-48(14-12-23-71-64(69)86)50(78)33-45-18-16-43-32-44(17-19-47(43)72-45)62(84)75(8)41(6)63(85)93-53-35-57(81)76(9)49-31-42(30-39(4)59(49)68)29-38(3)13-11-15-52(89-10)67(88)36-51(92-65(87)74-67)40(5)60-66(53,7)94-60/h11,13,15-19,30-32,37,40-41,46,48,51-53,60,88H,12,14,20-29,33-36H2,1-10H3,(H,70,96)(H,73,83)(H,74,87)(H3,69,71,86)/b15-11+,38-13+/t40-,41+,46+,48+,51+,52-,53+,60+,66+,67+/m1/s1. The summed E-state index contributed by atoms with van der Waals surface area (Å²) < 4.78 is 35.0. The number of anilines is 1. The first-order valence-corrected chi connectivity index (χ1v) is 32.8. The zero-order valence-electron chi connectivity index (χ0n) is 55.8. The Hall–Kier alpha value is -7.99. The molecule has 0 aliphatic carbocycles. The number of aryl methyl sites for hydroxylation is 1. The average molecular weight is 1380 g/mol. The minimum absolute atomic E-state index is 0.00438. The summed E-state index contributed by atoms with van der Waals surface area (Å²) in [5.41, 5.74) is 6.01. The third kappa shape index (κ3) is 19.8. The molecule has 0 unspecified atom stereocenters. The Morgan fingerprint density at radius 1 is 0.958 bits per heavy atom. The minimum atomic E-state index is -1.90. The van der Waals surface area contributed by atoms with E-state index in [0.29, 0.717) is 56.7 Å². The van der Waals surface area contributed by atoms with Gasteiger partial charge < -0.3 is 69.8 Å². The van der Waals surface area contributed by atoms with Crippen molar-refractivity contribution in [3.8, 4) is 0 Å². The lowest BCUT2D eigenvalue weighted by Gasteiger charge is -2.42. The molecule has 4 aliphatic heterocycles. The van der Waals surface area contributed by atoms with Crippen molar-refractivity contribution >= 4 is 105 Å². The molecule has 96 heavy (non-hydrogen) atoms. The van der Waals surface area contributed by atoms with Crippen LogP contribution in [0.5, 0.6) is 0 Å². The molecule has 3 fully saturated rings. The second kappa shape index (κ2) is 33.8. The van der Waals surface area contributed by atoms with Crippen molar-refractivity contribution in [3.05, 3.63) is 93.7 Å². The number of Topliss-reactive ketones (excluding diaryl/α,β-unsaturated/α-hetero) is 1. The van der Waals surface area contributed by atoms with Crippen LogP contribution in [0.2, 0.25) is 5.02 Å². The molecule has 5 heterocycles. The molecule has 3 aromatic rings. The molecule has 4 bridgehead atoms. The van der Waals surface area contributed by atoms with Crippen molar-refractivity contribution in [1.82, 2.24) is 36.2 Å². The summed E-state index contributed by atoms with van der Waals surface area (Å²) in [6.45, 7) is 13.5. The highest BCUT2D eigenvalue weighted by Crippen LogP contribution is 2.49. The van der Waals surface area contributed by atoms with Gasteiger partial charge in [0.05, 0.1) is 79.1 Å². The highest BCUT2D eigenvalue weighted by molar-refractivity contribution is 7.80. The van der Waals surface area contributed by atoms with E-state index in [1.807, 2.05) is 45.9 Å². The first kappa shape index (κ1) is 75.4. The van der Waals surface area contributed by atoms with Crippen LogP contribution in [-0.4, -0.2) is 193 Å². The Morgan fingerprint density at radius 3 is 2.35 bits per heavy atom. The number of nitrogens with one attached hydrogen (secondary N) is 4. The van der Waals surface area contributed by atoms with Crippen molar-refractivity contribution in [2.24, 2.45) is 23.5 Å². The number of nitrogens with two attached hydrogens (primary N) is 1. The van der Waals surface area contributed by atoms with E-state index in [1.165, 1.54) is 36.9 Å². The fourth-order valence-electron chi connectivity index (χ4n) is 11.7. The van der Waals surface area contributed by atoms with Gasteiger partial charge in [-0.3, -0.25) is 39.1 Å². The van der Waals surface area contributed by atoms with E-state index in [2.05, 4.69) is 21.3 Å². The molecule has 1 aromatic heterocycles. The van der Waals surface area contributed by atoms with E-state index in [4.69, 9.17) is 67.8 Å². The molecule has 0 spiro atoms. The van der Waals surface area contributed by atoms with Crippen molar-refractivity contribution in [2.45, 2.75) is 160 Å². The van der Waals surface area contributed by atoms with Crippen molar-refractivity contribution in [1.29, 1.82) is 0 Å². The summed E-state index contributed by atoms with van der Waals surface area (Å²) in [6.07, 6.45) is 0.645. The van der Waals surface area contributed by atoms with Gasteiger partial charge >= 0.3 is 24.1 Å². The number of hydrogen-bond donors (Lipinski definition) is 6. The number of halogens is 1. The number of alkyl carbamates (subject to hydrolysis) is 1. The Morgan fingerprint density at radius 2 is 1.67 bits per heavy atom. The van der Waals surface area contributed by atoms with Gasteiger partial charge in [-0.2, -0.15) is 0 Å². The number of epoxide rings is 1. The molecule has 3 saturated heterocycles. The zero-order valence-corrected chi connectivity index (χ0v) is 57.4. The number of thiocarbonyl (C=S) groups is 1. The number of hydrogen-bond acceptors (Lipinski definition) is 20. The number of aliphatic hydroxyl groups is 1. The molecular formula is C67H88ClN9O18S. The SMILES string of the molecule is CO[C@@H]1/C=C/C=C(\C)Cc2cc(C)c(Cl)c(c2)N(C)C(=O)C[C@H](OC(=O)[C@H](C)N(C)C(=O)c2ccc3nc(CC(=O)[C@H](CCCNC(N)=O)NC(=O)[C@@H](CC(=S)NCCOCCOCCC(=O)ON4C(=O)CCC4=O)C(C)C)ccc3c2)[C@]2(C)O[C@H]2[C@H](C)[C@@H]2C[C@@]1(O)NC(=O)O2. The smallest absolute Gasteiger partial charge is 0.409 e. The van der Waals surface area contributed by atoms with Crippen LogP contribution in [0.4, 0.5) is 15.3 Å². The molecule has 4 aliphatic rings. The molecule has 8 amide bonds. The Labute approximate surface area is 568 Å². The summed E-state index contributed by atoms with van der Waals surface area (Å²) >= 11 is 12.5. The van der Waals surface area contributed by atoms with Gasteiger partial charge in [0.2, 0.25) is 11.8 Å². The van der Waals surface area contributed by atoms with Crippen molar-refractivity contribution in [3.63, 3.8) is 0 Å². The van der Waals surface area contributed by atoms with E-state index in [9.17, 15) is 53.1 Å². The number of amides is 8. The van der Waals surface area contributed by atoms with E-state index in [0.717, 1.165) is 16.7 Å². The van der Waals surface area contributed by atoms with Gasteiger partial charge in [-0.1, -0.05) is 80.5 Å². The van der Waals surface area contributed by atoms with Gasteiger partial charge in [0.25, 0.3) is 17.7 Å². The second-order valence-electron chi connectivity index (χ2n) is 25.2. The Balaban J connectivity index is 0.972. The summed E-state index contributed by atoms with van der Waals surface area (Å²) in [4.78, 5) is 144. The maximum atomic E-state index is 14.5. The number of esters is 1. The maximum Gasteiger partial charge on any atom is 0.409 e. The number of ether oxygens (including phenoxy) is 6. The number of urea groups is 1. The van der Waals surface area contributed by atoms with E-state index in [-0.39, 0.29) is 102 Å². The van der Waals surface area contributed by atoms with E-state index >= 15 is 0 Å². The molecule has 10 atom stereocenters. The van der Waals surface area contributed by atoms with Crippen LogP contribution >= 0.6 is 23.8 Å². The topological polar surface area (TPSA) is 356 Å². The molecule has 7 rings (SSSR count). The molecule has 522 valence electrons. The van der Waals surface area contributed by atoms with E-state index < -0.39 is 113 Å². The molecule has 2 aromatic carbocycles. The van der Waals surface area contributed by atoms with Gasteiger partial charge in [-0.25, -0.2) is 19.2 Å². The van der Waals surface area contributed by atoms with Crippen LogP contribution < -0.4 is 31.9 Å². The number of aromatic nitrogens is 1. The molecular weight excluding hydrogens is 1290 g/mol. The number of pyridine rings is 1. The number of allylic oxidation sites excluding steroid dienone is 3. The predicted octanol–water partition coefficient (Wildman–Crippen LogP) is 5.33. The lowest BCUT2D eigenvalue weighted by molar-refractivity contribution is -0.198. The largest absolute Gasteiger partial charge is 0.457 e. The van der Waals surface area contributed by atoms with Crippen LogP contribution in [0.25, 0.3) is 10.9 Å². The van der Waals surface area contributed by atoms with Gasteiger partial charge in [0.1, 0.15) is 30.0 Å². The summed E-state index contributed by atoms with van der Waals surface area (Å²) in [6, 6.07) is 8.87. The minimum Gasteiger partial charge on any atom is -0.457 e. The summed E-state index contributed by atoms with van der Waals surface area (Å²) in [5.74, 6) is -6.00. The molecule has 0 saturated carbocycles. The zero-order chi connectivity index (χ0) is 70.3. The number of rotatable bonds is 27. The molecule has 27 nitrogen and oxygen atoms in total. The molecule has 7 N–H and O–H groups in total. The first-order valence-electron chi connectivity index (χ1n) is 32.0. The number of methoxy groups -OCH3 is 1. The average Bonchev–Trinajstić information content (AvgIpc) is 1.57. The lowest BCUT2D eigenvalue weighted by atomic mass is 9.83. The van der Waals surface area contributed by atoms with Crippen LogP contribution in [0.1, 0.15) is 120 Å². The summed E-state index contributed by atoms with van der Waals surface area (Å²) in [5, 5.41) is 24.3. The third-order valence-electron chi connectivity index (χ3n) is 17.6.